The van der Waals surface area contributed by atoms with Crippen molar-refractivity contribution in [2.75, 3.05) is 13.2 Å². The van der Waals surface area contributed by atoms with Crippen LogP contribution in [0.25, 0.3) is 0 Å². The molecule has 73 heavy (non-hydrogen) atoms. The summed E-state index contributed by atoms with van der Waals surface area (Å²) in [5.41, 5.74) is 0. The summed E-state index contributed by atoms with van der Waals surface area (Å²) in [5, 5.41) is 0. The molecule has 0 spiro atoms. The van der Waals surface area contributed by atoms with Crippen LogP contribution in [0.2, 0.25) is 0 Å². The van der Waals surface area contributed by atoms with Gasteiger partial charge in [-0.15, -0.1) is 0 Å². The lowest BCUT2D eigenvalue weighted by atomic mass is 10.0. The molecule has 0 amide bonds. The van der Waals surface area contributed by atoms with E-state index in [4.69, 9.17) is 14.2 Å². The Balaban J connectivity index is 4.38. The van der Waals surface area contributed by atoms with Crippen LogP contribution in [0.4, 0.5) is 0 Å². The van der Waals surface area contributed by atoms with Gasteiger partial charge in [0.1, 0.15) is 13.2 Å². The first kappa shape index (κ1) is 69.8. The minimum absolute atomic E-state index is 0.0792. The van der Waals surface area contributed by atoms with E-state index in [0.717, 1.165) is 109 Å². The summed E-state index contributed by atoms with van der Waals surface area (Å²) in [5.74, 6) is -0.887. The number of rotatable bonds is 57. The summed E-state index contributed by atoms with van der Waals surface area (Å²) in [6.45, 7) is 6.55. The van der Waals surface area contributed by atoms with Crippen LogP contribution in [0.5, 0.6) is 0 Å². The Morgan fingerprint density at radius 3 is 0.836 bits per heavy atom. The molecule has 0 aliphatic heterocycles. The second-order valence-electron chi connectivity index (χ2n) is 21.0. The van der Waals surface area contributed by atoms with E-state index in [1.807, 2.05) is 0 Å². The molecule has 0 aromatic carbocycles. The van der Waals surface area contributed by atoms with E-state index in [1.54, 1.807) is 0 Å². The molecule has 1 unspecified atom stereocenters. The van der Waals surface area contributed by atoms with Gasteiger partial charge in [0, 0.05) is 19.3 Å². The van der Waals surface area contributed by atoms with Crippen LogP contribution >= 0.6 is 0 Å². The first-order chi connectivity index (χ1) is 36.0. The molecule has 422 valence electrons. The van der Waals surface area contributed by atoms with E-state index >= 15 is 0 Å². The summed E-state index contributed by atoms with van der Waals surface area (Å²) in [6, 6.07) is 0. The lowest BCUT2D eigenvalue weighted by Gasteiger charge is -2.18. The SMILES string of the molecule is CC/C=C\C/C=C\C/C=C\C/C=C\C/C=C\C/C=C\CCCCCCC(=O)OCC(COC(=O)CCCCCCCCCCCCCCCC)OC(=O)CCCCCCCCCCCCCCCCCCCC. The third-order valence-electron chi connectivity index (χ3n) is 13.7. The molecule has 0 N–H and O–H groups in total. The highest BCUT2D eigenvalue weighted by Crippen LogP contribution is 2.17. The lowest BCUT2D eigenvalue weighted by molar-refractivity contribution is -0.167. The van der Waals surface area contributed by atoms with Gasteiger partial charge in [0.15, 0.2) is 6.10 Å². The molecule has 0 aliphatic rings. The van der Waals surface area contributed by atoms with Crippen molar-refractivity contribution in [1.29, 1.82) is 0 Å². The third kappa shape index (κ3) is 59.6. The van der Waals surface area contributed by atoms with E-state index in [1.165, 1.54) is 167 Å². The highest BCUT2D eigenvalue weighted by atomic mass is 16.6. The van der Waals surface area contributed by atoms with E-state index < -0.39 is 6.10 Å². The van der Waals surface area contributed by atoms with Crippen LogP contribution in [-0.4, -0.2) is 37.2 Å². The van der Waals surface area contributed by atoms with Gasteiger partial charge in [-0.1, -0.05) is 299 Å². The maximum atomic E-state index is 12.9. The lowest BCUT2D eigenvalue weighted by Crippen LogP contribution is -2.30. The Morgan fingerprint density at radius 1 is 0.288 bits per heavy atom. The van der Waals surface area contributed by atoms with Gasteiger partial charge in [-0.25, -0.2) is 0 Å². The highest BCUT2D eigenvalue weighted by molar-refractivity contribution is 5.71. The van der Waals surface area contributed by atoms with E-state index in [0.29, 0.717) is 19.3 Å². The fraction of sp³-hybridized carbons (Fsp3) is 0.776. The largest absolute Gasteiger partial charge is 0.462 e. The zero-order valence-corrected chi connectivity index (χ0v) is 48.4. The second-order valence-corrected chi connectivity index (χ2v) is 21.0. The van der Waals surface area contributed by atoms with Crippen molar-refractivity contribution in [3.63, 3.8) is 0 Å². The Hall–Kier alpha value is -3.15. The number of carbonyl (C=O) groups is 3. The van der Waals surface area contributed by atoms with E-state index in [-0.39, 0.29) is 31.1 Å². The van der Waals surface area contributed by atoms with Crippen molar-refractivity contribution in [3.05, 3.63) is 72.9 Å². The highest BCUT2D eigenvalue weighted by Gasteiger charge is 2.19. The fourth-order valence-electron chi connectivity index (χ4n) is 9.04. The second kappa shape index (κ2) is 61.4. The van der Waals surface area contributed by atoms with Gasteiger partial charge in [-0.2, -0.15) is 0 Å². The van der Waals surface area contributed by atoms with Crippen LogP contribution in [0.1, 0.15) is 316 Å². The molecule has 6 heteroatoms. The fourth-order valence-corrected chi connectivity index (χ4v) is 9.04. The third-order valence-corrected chi connectivity index (χ3v) is 13.7. The zero-order chi connectivity index (χ0) is 52.9. The van der Waals surface area contributed by atoms with Crippen molar-refractivity contribution >= 4 is 17.9 Å². The number of unbranched alkanes of at least 4 members (excludes halogenated alkanes) is 34. The number of hydrogen-bond donors (Lipinski definition) is 0. The zero-order valence-electron chi connectivity index (χ0n) is 48.4. The van der Waals surface area contributed by atoms with Crippen molar-refractivity contribution in [3.8, 4) is 0 Å². The van der Waals surface area contributed by atoms with Gasteiger partial charge < -0.3 is 14.2 Å². The van der Waals surface area contributed by atoms with Gasteiger partial charge in [-0.05, 0) is 70.6 Å². The Morgan fingerprint density at radius 2 is 0.534 bits per heavy atom. The monoisotopic (exact) mass is 1020 g/mol. The van der Waals surface area contributed by atoms with Crippen LogP contribution < -0.4 is 0 Å². The summed E-state index contributed by atoms with van der Waals surface area (Å²) in [4.78, 5) is 38.3. The van der Waals surface area contributed by atoms with Crippen molar-refractivity contribution in [1.82, 2.24) is 0 Å². The van der Waals surface area contributed by atoms with Crippen molar-refractivity contribution in [2.45, 2.75) is 322 Å². The minimum atomic E-state index is -0.784. The number of carbonyl (C=O) groups excluding carboxylic acids is 3. The summed E-state index contributed by atoms with van der Waals surface area (Å²) >= 11 is 0. The molecule has 0 heterocycles. The molecule has 6 nitrogen and oxygen atoms in total. The molecule has 1 atom stereocenters. The van der Waals surface area contributed by atoms with Crippen LogP contribution in [-0.2, 0) is 28.6 Å². The predicted molar refractivity (Wildman–Crippen MR) is 316 cm³/mol. The average molecular weight is 1020 g/mol. The van der Waals surface area contributed by atoms with Gasteiger partial charge in [0.2, 0.25) is 0 Å². The Labute approximate surface area is 453 Å². The van der Waals surface area contributed by atoms with Gasteiger partial charge in [0.05, 0.1) is 0 Å². The molecule has 0 saturated carbocycles. The first-order valence-corrected chi connectivity index (χ1v) is 31.4. The van der Waals surface area contributed by atoms with Crippen molar-refractivity contribution < 1.29 is 28.6 Å². The molecule has 0 radical (unpaired) electrons. The minimum Gasteiger partial charge on any atom is -0.462 e. The van der Waals surface area contributed by atoms with Gasteiger partial charge in [-0.3, -0.25) is 14.4 Å². The Kier molecular flexibility index (Phi) is 58.7. The number of ether oxygens (including phenoxy) is 3. The van der Waals surface area contributed by atoms with Crippen LogP contribution in [0.15, 0.2) is 72.9 Å². The topological polar surface area (TPSA) is 78.9 Å². The summed E-state index contributed by atoms with van der Waals surface area (Å²) in [7, 11) is 0. The molecule has 0 bridgehead atoms. The van der Waals surface area contributed by atoms with Crippen LogP contribution in [0.3, 0.4) is 0 Å². The van der Waals surface area contributed by atoms with Gasteiger partial charge in [0.25, 0.3) is 0 Å². The molecule has 0 aromatic heterocycles. The van der Waals surface area contributed by atoms with Crippen LogP contribution in [0, 0.1) is 0 Å². The maximum Gasteiger partial charge on any atom is 0.306 e. The predicted octanol–water partition coefficient (Wildman–Crippen LogP) is 21.3. The quantitative estimate of drug-likeness (QED) is 0.0261. The summed E-state index contributed by atoms with van der Waals surface area (Å²) < 4.78 is 16.9. The van der Waals surface area contributed by atoms with Gasteiger partial charge >= 0.3 is 17.9 Å². The molecular formula is C67H118O6. The number of allylic oxidation sites excluding steroid dienone is 12. The maximum absolute atomic E-state index is 12.9. The van der Waals surface area contributed by atoms with E-state index in [9.17, 15) is 14.4 Å². The standard InChI is InChI=1S/C67H118O6/c1-4-7-10-13-16-19-22-25-28-30-32-33-34-35-36-38-39-42-45-48-51-54-57-60-66(69)72-63-64(62-71-65(68)59-56-53-50-47-44-41-27-24-21-18-15-12-9-6-3)73-67(70)61-58-55-52-49-46-43-40-37-31-29-26-23-20-17-14-11-8-5-2/h7,10,16,19,25,28,32-33,35-36,39,42,64H,4-6,8-9,11-15,17-18,20-24,26-27,29-31,34,37-38,40-41,43-63H2,1-3H3/b10-7-,19-16-,28-25-,33-32-,36-35-,42-39-. The molecule has 0 fully saturated rings. The molecule has 0 rings (SSSR count). The average Bonchev–Trinajstić information content (AvgIpc) is 3.39. The van der Waals surface area contributed by atoms with E-state index in [2.05, 4.69) is 93.7 Å². The first-order valence-electron chi connectivity index (χ1n) is 31.4. The number of hydrogen-bond acceptors (Lipinski definition) is 6. The normalized spacial score (nSPS) is 12.5. The molecule has 0 aromatic rings. The Bertz CT molecular complexity index is 1360. The molecule has 0 aliphatic carbocycles. The smallest absolute Gasteiger partial charge is 0.306 e. The summed E-state index contributed by atoms with van der Waals surface area (Å²) in [6.07, 6.45) is 79.0. The van der Waals surface area contributed by atoms with Crippen molar-refractivity contribution in [2.24, 2.45) is 0 Å². The molecular weight excluding hydrogens is 901 g/mol. The molecule has 0 saturated heterocycles. The number of esters is 3.